The Morgan fingerprint density at radius 2 is 2.05 bits per heavy atom. The van der Waals surface area contributed by atoms with Crippen molar-refractivity contribution >= 4 is 5.78 Å². The number of carbonyl (C=O) groups excluding carboxylic acids is 1. The quantitative estimate of drug-likeness (QED) is 0.867. The van der Waals surface area contributed by atoms with Gasteiger partial charge >= 0.3 is 0 Å². The van der Waals surface area contributed by atoms with Crippen LogP contribution in [-0.4, -0.2) is 15.6 Å². The highest BCUT2D eigenvalue weighted by atomic mass is 16.1. The number of carbonyl (C=O) groups is 1. The fraction of sp³-hybridized carbons (Fsp3) is 0.353. The van der Waals surface area contributed by atoms with Crippen molar-refractivity contribution in [2.75, 3.05) is 0 Å². The van der Waals surface area contributed by atoms with Crippen molar-refractivity contribution in [1.82, 2.24) is 9.78 Å². The second kappa shape index (κ2) is 5.53. The van der Waals surface area contributed by atoms with Crippen molar-refractivity contribution in [1.29, 1.82) is 5.26 Å². The van der Waals surface area contributed by atoms with Crippen LogP contribution >= 0.6 is 0 Å². The molecule has 0 amide bonds. The number of Topliss-reactive ketones (excluding diaryl/α,β-unsaturated/α-hetero) is 1. The molecule has 0 radical (unpaired) electrons. The monoisotopic (exact) mass is 279 g/mol. The molecule has 1 aliphatic carbocycles. The molecule has 0 N–H and O–H groups in total. The van der Waals surface area contributed by atoms with Crippen LogP contribution in [0.5, 0.6) is 0 Å². The van der Waals surface area contributed by atoms with Gasteiger partial charge in [-0.1, -0.05) is 19.1 Å². The van der Waals surface area contributed by atoms with Crippen molar-refractivity contribution < 1.29 is 4.79 Å². The predicted octanol–water partition coefficient (Wildman–Crippen LogP) is 3.02. The van der Waals surface area contributed by atoms with Gasteiger partial charge in [0, 0.05) is 6.42 Å². The minimum atomic E-state index is 0.223. The topological polar surface area (TPSA) is 58.7 Å². The number of fused-ring (bicyclic) bond motifs is 1. The van der Waals surface area contributed by atoms with Gasteiger partial charge in [-0.25, -0.2) is 4.68 Å². The van der Waals surface area contributed by atoms with Gasteiger partial charge in [0.2, 0.25) is 0 Å². The zero-order chi connectivity index (χ0) is 14.8. The molecule has 4 nitrogen and oxygen atoms in total. The van der Waals surface area contributed by atoms with E-state index in [0.29, 0.717) is 12.8 Å². The summed E-state index contributed by atoms with van der Waals surface area (Å²) in [6, 6.07) is 9.98. The second-order valence-electron chi connectivity index (χ2n) is 5.31. The number of rotatable bonds is 3. The summed E-state index contributed by atoms with van der Waals surface area (Å²) in [4.78, 5) is 12.2. The summed E-state index contributed by atoms with van der Waals surface area (Å²) in [5, 5.41) is 13.4. The number of hydrogen-bond donors (Lipinski definition) is 0. The summed E-state index contributed by atoms with van der Waals surface area (Å²) in [5.41, 5.74) is 4.73. The molecule has 1 heterocycles. The summed E-state index contributed by atoms with van der Waals surface area (Å²) in [6.45, 7) is 2.03. The van der Waals surface area contributed by atoms with Gasteiger partial charge in [-0.15, -0.1) is 0 Å². The first kappa shape index (κ1) is 13.6. The van der Waals surface area contributed by atoms with E-state index in [1.807, 2.05) is 35.9 Å². The molecule has 1 aromatic carbocycles. The summed E-state index contributed by atoms with van der Waals surface area (Å²) in [7, 11) is 0. The minimum absolute atomic E-state index is 0.223. The Kier molecular flexibility index (Phi) is 3.57. The summed E-state index contributed by atoms with van der Waals surface area (Å²) in [5.74, 6) is 0.223. The first-order valence-electron chi connectivity index (χ1n) is 7.34. The number of nitriles is 1. The SMILES string of the molecule is CCc1nn(-c2ccc(CC#N)cc2)c2c1C(=O)CCC2. The van der Waals surface area contributed by atoms with Crippen LogP contribution in [0.15, 0.2) is 24.3 Å². The van der Waals surface area contributed by atoms with Gasteiger partial charge in [0.1, 0.15) is 0 Å². The molecule has 0 bridgehead atoms. The molecule has 2 aromatic rings. The number of nitrogens with zero attached hydrogens (tertiary/aromatic N) is 3. The fourth-order valence-electron chi connectivity index (χ4n) is 2.91. The molecule has 106 valence electrons. The maximum absolute atomic E-state index is 12.2. The van der Waals surface area contributed by atoms with E-state index in [0.717, 1.165) is 47.5 Å². The number of benzene rings is 1. The highest BCUT2D eigenvalue weighted by Crippen LogP contribution is 2.27. The van der Waals surface area contributed by atoms with Crippen LogP contribution in [0.3, 0.4) is 0 Å². The Bertz CT molecular complexity index is 720. The van der Waals surface area contributed by atoms with Gasteiger partial charge in [0.25, 0.3) is 0 Å². The van der Waals surface area contributed by atoms with Crippen LogP contribution in [0.1, 0.15) is 47.1 Å². The summed E-state index contributed by atoms with van der Waals surface area (Å²) >= 11 is 0. The molecule has 0 unspecified atom stereocenters. The molecule has 1 aliphatic rings. The van der Waals surface area contributed by atoms with E-state index in [9.17, 15) is 4.79 Å². The molecule has 21 heavy (non-hydrogen) atoms. The third-order valence-corrected chi connectivity index (χ3v) is 3.95. The first-order chi connectivity index (χ1) is 10.2. The van der Waals surface area contributed by atoms with Crippen LogP contribution in [-0.2, 0) is 19.3 Å². The Hall–Kier alpha value is -2.41. The lowest BCUT2D eigenvalue weighted by Gasteiger charge is -2.13. The zero-order valence-electron chi connectivity index (χ0n) is 12.1. The normalized spacial score (nSPS) is 13.8. The standard InChI is InChI=1S/C17H17N3O/c1-2-14-17-15(4-3-5-16(17)21)20(19-14)13-8-6-12(7-9-13)10-11-18/h6-9H,2-5,10H2,1H3. The van der Waals surface area contributed by atoms with Gasteiger partial charge < -0.3 is 0 Å². The highest BCUT2D eigenvalue weighted by Gasteiger charge is 2.26. The number of aromatic nitrogens is 2. The molecule has 0 spiro atoms. The van der Waals surface area contributed by atoms with E-state index in [-0.39, 0.29) is 5.78 Å². The maximum Gasteiger partial charge on any atom is 0.166 e. The van der Waals surface area contributed by atoms with Gasteiger partial charge in [-0.05, 0) is 37.0 Å². The fourth-order valence-corrected chi connectivity index (χ4v) is 2.91. The molecular weight excluding hydrogens is 262 g/mol. The molecule has 4 heteroatoms. The zero-order valence-corrected chi connectivity index (χ0v) is 12.1. The Labute approximate surface area is 124 Å². The predicted molar refractivity (Wildman–Crippen MR) is 79.5 cm³/mol. The van der Waals surface area contributed by atoms with Crippen molar-refractivity contribution in [3.05, 3.63) is 46.8 Å². The lowest BCUT2D eigenvalue weighted by molar-refractivity contribution is 0.0971. The van der Waals surface area contributed by atoms with E-state index in [2.05, 4.69) is 11.2 Å². The highest BCUT2D eigenvalue weighted by molar-refractivity contribution is 5.99. The van der Waals surface area contributed by atoms with E-state index >= 15 is 0 Å². The van der Waals surface area contributed by atoms with Crippen LogP contribution in [0.25, 0.3) is 5.69 Å². The van der Waals surface area contributed by atoms with Gasteiger partial charge in [0.05, 0.1) is 35.1 Å². The molecule has 0 aliphatic heterocycles. The summed E-state index contributed by atoms with van der Waals surface area (Å²) < 4.78 is 1.90. The Morgan fingerprint density at radius 1 is 1.29 bits per heavy atom. The molecule has 0 atom stereocenters. The van der Waals surface area contributed by atoms with Crippen molar-refractivity contribution in [2.24, 2.45) is 0 Å². The van der Waals surface area contributed by atoms with E-state index in [1.54, 1.807) is 0 Å². The van der Waals surface area contributed by atoms with E-state index in [4.69, 9.17) is 5.26 Å². The van der Waals surface area contributed by atoms with E-state index < -0.39 is 0 Å². The average molecular weight is 279 g/mol. The lowest BCUT2D eigenvalue weighted by atomic mass is 9.93. The molecule has 1 aromatic heterocycles. The Balaban J connectivity index is 2.06. The van der Waals surface area contributed by atoms with Gasteiger partial charge in [0.15, 0.2) is 5.78 Å². The lowest BCUT2D eigenvalue weighted by Crippen LogP contribution is -2.13. The summed E-state index contributed by atoms with van der Waals surface area (Å²) in [6.07, 6.45) is 3.61. The second-order valence-corrected chi connectivity index (χ2v) is 5.31. The largest absolute Gasteiger partial charge is 0.294 e. The van der Waals surface area contributed by atoms with Crippen LogP contribution in [0, 0.1) is 11.3 Å². The van der Waals surface area contributed by atoms with Crippen LogP contribution < -0.4 is 0 Å². The number of hydrogen-bond acceptors (Lipinski definition) is 3. The molecular formula is C17H17N3O. The average Bonchev–Trinajstić information content (AvgIpc) is 2.89. The van der Waals surface area contributed by atoms with Gasteiger partial charge in [-0.2, -0.15) is 10.4 Å². The maximum atomic E-state index is 12.2. The van der Waals surface area contributed by atoms with Gasteiger partial charge in [-0.3, -0.25) is 4.79 Å². The van der Waals surface area contributed by atoms with Crippen molar-refractivity contribution in [3.8, 4) is 11.8 Å². The van der Waals surface area contributed by atoms with Crippen LogP contribution in [0.2, 0.25) is 0 Å². The Morgan fingerprint density at radius 3 is 2.71 bits per heavy atom. The minimum Gasteiger partial charge on any atom is -0.294 e. The smallest absolute Gasteiger partial charge is 0.166 e. The molecule has 0 fully saturated rings. The molecule has 3 rings (SSSR count). The third-order valence-electron chi connectivity index (χ3n) is 3.95. The molecule has 0 saturated carbocycles. The third kappa shape index (κ3) is 2.36. The van der Waals surface area contributed by atoms with Crippen molar-refractivity contribution in [2.45, 2.75) is 39.0 Å². The van der Waals surface area contributed by atoms with Crippen LogP contribution in [0.4, 0.5) is 0 Å². The first-order valence-corrected chi connectivity index (χ1v) is 7.34. The number of aryl methyl sites for hydroxylation is 1. The van der Waals surface area contributed by atoms with Crippen molar-refractivity contribution in [3.63, 3.8) is 0 Å². The number of ketones is 1. The molecule has 0 saturated heterocycles. The van der Waals surface area contributed by atoms with E-state index in [1.165, 1.54) is 0 Å².